The Hall–Kier alpha value is -2.62. The van der Waals surface area contributed by atoms with E-state index in [-0.39, 0.29) is 0 Å². The number of nitrogens with one attached hydrogen (secondary N) is 2. The first kappa shape index (κ1) is 19.7. The van der Waals surface area contributed by atoms with E-state index in [0.29, 0.717) is 55.3 Å². The SMILES string of the molecule is CCOc1ccc(NC(=O)Nc2sc3c(c2C(N)=O)CCC2(C3)OCCO2)cc1. The summed E-state index contributed by atoms with van der Waals surface area (Å²) in [5.41, 5.74) is 7.48. The first-order valence-corrected chi connectivity index (χ1v) is 10.3. The van der Waals surface area contributed by atoms with Crippen LogP contribution in [0.25, 0.3) is 0 Å². The number of carbonyl (C=O) groups excluding carboxylic acids is 2. The van der Waals surface area contributed by atoms with E-state index < -0.39 is 17.7 Å². The third-order valence-electron chi connectivity index (χ3n) is 4.99. The third-order valence-corrected chi connectivity index (χ3v) is 6.13. The van der Waals surface area contributed by atoms with Crippen molar-refractivity contribution >= 4 is 34.0 Å². The summed E-state index contributed by atoms with van der Waals surface area (Å²) < 4.78 is 17.0. The molecule has 3 amide bonds. The Bertz CT molecular complexity index is 919. The number of hydrogen-bond acceptors (Lipinski definition) is 6. The van der Waals surface area contributed by atoms with Crippen LogP contribution in [0, 0.1) is 0 Å². The lowest BCUT2D eigenvalue weighted by molar-refractivity contribution is -0.163. The molecular formula is C20H23N3O5S. The lowest BCUT2D eigenvalue weighted by atomic mass is 9.90. The molecule has 0 atom stereocenters. The highest BCUT2D eigenvalue weighted by molar-refractivity contribution is 7.17. The van der Waals surface area contributed by atoms with Crippen molar-refractivity contribution in [1.82, 2.24) is 0 Å². The number of hydrogen-bond donors (Lipinski definition) is 3. The number of carbonyl (C=O) groups is 2. The van der Waals surface area contributed by atoms with E-state index in [0.717, 1.165) is 16.2 Å². The van der Waals surface area contributed by atoms with Gasteiger partial charge in [0.2, 0.25) is 0 Å². The Balaban J connectivity index is 1.50. The van der Waals surface area contributed by atoms with Gasteiger partial charge < -0.3 is 25.3 Å². The summed E-state index contributed by atoms with van der Waals surface area (Å²) >= 11 is 1.35. The van der Waals surface area contributed by atoms with E-state index in [1.165, 1.54) is 11.3 Å². The molecule has 1 aliphatic heterocycles. The molecule has 2 heterocycles. The summed E-state index contributed by atoms with van der Waals surface area (Å²) in [5.74, 6) is -0.442. The van der Waals surface area contributed by atoms with E-state index in [1.54, 1.807) is 24.3 Å². The van der Waals surface area contributed by atoms with Crippen LogP contribution in [0.15, 0.2) is 24.3 Å². The molecule has 2 aromatic rings. The second-order valence-electron chi connectivity index (χ2n) is 6.89. The molecule has 2 aliphatic rings. The second kappa shape index (κ2) is 8.02. The highest BCUT2D eigenvalue weighted by atomic mass is 32.1. The van der Waals surface area contributed by atoms with Gasteiger partial charge in [0.05, 0.1) is 25.4 Å². The molecule has 9 heteroatoms. The maximum absolute atomic E-state index is 12.5. The first-order valence-electron chi connectivity index (χ1n) is 9.53. The van der Waals surface area contributed by atoms with Crippen molar-refractivity contribution in [3.63, 3.8) is 0 Å². The topological polar surface area (TPSA) is 112 Å². The quantitative estimate of drug-likeness (QED) is 0.692. The molecule has 154 valence electrons. The smallest absolute Gasteiger partial charge is 0.324 e. The predicted molar refractivity (Wildman–Crippen MR) is 110 cm³/mol. The van der Waals surface area contributed by atoms with Crippen LogP contribution < -0.4 is 21.1 Å². The van der Waals surface area contributed by atoms with Gasteiger partial charge in [0.15, 0.2) is 5.79 Å². The number of benzene rings is 1. The fourth-order valence-electron chi connectivity index (χ4n) is 3.73. The zero-order valence-corrected chi connectivity index (χ0v) is 16.9. The third kappa shape index (κ3) is 4.07. The predicted octanol–water partition coefficient (Wildman–Crippen LogP) is 3.12. The van der Waals surface area contributed by atoms with Crippen LogP contribution in [0.4, 0.5) is 15.5 Å². The van der Waals surface area contributed by atoms with Crippen LogP contribution in [-0.2, 0) is 22.3 Å². The van der Waals surface area contributed by atoms with Gasteiger partial charge in [-0.25, -0.2) is 4.79 Å². The number of primary amides is 1. The molecule has 1 spiro atoms. The highest BCUT2D eigenvalue weighted by Crippen LogP contribution is 2.43. The minimum atomic E-state index is -0.616. The maximum Gasteiger partial charge on any atom is 0.324 e. The van der Waals surface area contributed by atoms with Crippen LogP contribution in [0.1, 0.15) is 34.1 Å². The van der Waals surface area contributed by atoms with Gasteiger partial charge in [-0.2, -0.15) is 0 Å². The molecule has 29 heavy (non-hydrogen) atoms. The largest absolute Gasteiger partial charge is 0.494 e. The van der Waals surface area contributed by atoms with Crippen molar-refractivity contribution in [2.45, 2.75) is 32.0 Å². The molecule has 0 saturated carbocycles. The standard InChI is InChI=1S/C20H23N3O5S/c1-2-26-13-5-3-12(4-6-13)22-19(25)23-18-16(17(21)24)14-7-8-20(11-15(14)29-18)27-9-10-28-20/h3-6H,2,7-11H2,1H3,(H2,21,24)(H2,22,23,25). The monoisotopic (exact) mass is 417 g/mol. The van der Waals surface area contributed by atoms with Gasteiger partial charge in [-0.3, -0.25) is 10.1 Å². The van der Waals surface area contributed by atoms with Gasteiger partial charge >= 0.3 is 6.03 Å². The molecule has 4 rings (SSSR count). The molecule has 1 fully saturated rings. The van der Waals surface area contributed by atoms with E-state index >= 15 is 0 Å². The van der Waals surface area contributed by atoms with Crippen LogP contribution in [0.3, 0.4) is 0 Å². The molecule has 0 bridgehead atoms. The number of ether oxygens (including phenoxy) is 3. The minimum absolute atomic E-state index is 0.375. The van der Waals surface area contributed by atoms with Crippen LogP contribution in [0.5, 0.6) is 5.75 Å². The molecule has 0 radical (unpaired) electrons. The number of rotatable bonds is 5. The van der Waals surface area contributed by atoms with E-state index in [2.05, 4.69) is 10.6 Å². The number of fused-ring (bicyclic) bond motifs is 1. The van der Waals surface area contributed by atoms with Crippen LogP contribution in [-0.4, -0.2) is 37.5 Å². The van der Waals surface area contributed by atoms with Gasteiger partial charge in [0.1, 0.15) is 10.8 Å². The molecular weight excluding hydrogens is 394 g/mol. The zero-order chi connectivity index (χ0) is 20.4. The molecule has 1 saturated heterocycles. The van der Waals surface area contributed by atoms with Gasteiger partial charge in [-0.05, 0) is 43.2 Å². The normalized spacial score (nSPS) is 17.0. The van der Waals surface area contributed by atoms with Crippen molar-refractivity contribution in [3.8, 4) is 5.75 Å². The molecule has 1 aromatic heterocycles. The molecule has 4 N–H and O–H groups in total. The van der Waals surface area contributed by atoms with Crippen LogP contribution in [0.2, 0.25) is 0 Å². The average molecular weight is 417 g/mol. The summed E-state index contributed by atoms with van der Waals surface area (Å²) in [5, 5.41) is 5.97. The van der Waals surface area contributed by atoms with Crippen molar-refractivity contribution in [2.24, 2.45) is 5.73 Å². The second-order valence-corrected chi connectivity index (χ2v) is 8.00. The Morgan fingerprint density at radius 2 is 1.93 bits per heavy atom. The number of nitrogens with two attached hydrogens (primary N) is 1. The first-order chi connectivity index (χ1) is 14.0. The maximum atomic E-state index is 12.5. The number of urea groups is 1. The minimum Gasteiger partial charge on any atom is -0.494 e. The molecule has 1 aromatic carbocycles. The molecule has 1 aliphatic carbocycles. The van der Waals surface area contributed by atoms with Gasteiger partial charge in [0, 0.05) is 23.4 Å². The average Bonchev–Trinajstić information content (AvgIpc) is 3.27. The Kier molecular flexibility index (Phi) is 5.44. The van der Waals surface area contributed by atoms with Gasteiger partial charge in [-0.1, -0.05) is 0 Å². The van der Waals surface area contributed by atoms with Gasteiger partial charge in [-0.15, -0.1) is 11.3 Å². The molecule has 8 nitrogen and oxygen atoms in total. The lowest BCUT2D eigenvalue weighted by Gasteiger charge is -2.31. The molecule has 0 unspecified atom stereocenters. The van der Waals surface area contributed by atoms with Crippen molar-refractivity contribution in [1.29, 1.82) is 0 Å². The summed E-state index contributed by atoms with van der Waals surface area (Å²) in [6, 6.07) is 6.60. The van der Waals surface area contributed by atoms with Crippen molar-refractivity contribution in [3.05, 3.63) is 40.3 Å². The van der Waals surface area contributed by atoms with E-state index in [1.807, 2.05) is 6.92 Å². The van der Waals surface area contributed by atoms with Gasteiger partial charge in [0.25, 0.3) is 5.91 Å². The Morgan fingerprint density at radius 1 is 1.21 bits per heavy atom. The summed E-state index contributed by atoms with van der Waals surface area (Å²) in [7, 11) is 0. The fraction of sp³-hybridized carbons (Fsp3) is 0.400. The van der Waals surface area contributed by atoms with Crippen molar-refractivity contribution < 1.29 is 23.8 Å². The summed E-state index contributed by atoms with van der Waals surface area (Å²) in [4.78, 5) is 25.5. The number of amides is 3. The Labute approximate surface area is 172 Å². The highest BCUT2D eigenvalue weighted by Gasteiger charge is 2.42. The summed E-state index contributed by atoms with van der Waals surface area (Å²) in [6.45, 7) is 3.62. The lowest BCUT2D eigenvalue weighted by Crippen LogP contribution is -2.36. The summed E-state index contributed by atoms with van der Waals surface area (Å²) in [6.07, 6.45) is 1.83. The fourth-order valence-corrected chi connectivity index (χ4v) is 5.06. The van der Waals surface area contributed by atoms with Crippen molar-refractivity contribution in [2.75, 3.05) is 30.5 Å². The van der Waals surface area contributed by atoms with Crippen LogP contribution >= 0.6 is 11.3 Å². The van der Waals surface area contributed by atoms with E-state index in [9.17, 15) is 9.59 Å². The zero-order valence-electron chi connectivity index (χ0n) is 16.1. The van der Waals surface area contributed by atoms with E-state index in [4.69, 9.17) is 19.9 Å². The Morgan fingerprint density at radius 3 is 2.59 bits per heavy atom. The number of thiophene rings is 1. The number of anilines is 2.